The fraction of sp³-hybridized carbons (Fsp3) is 0.250. The van der Waals surface area contributed by atoms with Crippen molar-refractivity contribution in [2.75, 3.05) is 5.32 Å². The molecule has 0 fully saturated rings. The fourth-order valence-corrected chi connectivity index (χ4v) is 2.63. The van der Waals surface area contributed by atoms with Crippen LogP contribution >= 0.6 is 17.0 Å². The van der Waals surface area contributed by atoms with Crippen LogP contribution in [0.15, 0.2) is 48.5 Å². The van der Waals surface area contributed by atoms with Gasteiger partial charge in [-0.15, -0.1) is 17.0 Å². The van der Waals surface area contributed by atoms with Crippen LogP contribution in [0.4, 0.5) is 5.69 Å². The normalized spacial score (nSPS) is 17.2. The number of halogens is 1. The average molecular weight is 320 g/mol. The van der Waals surface area contributed by atoms with Gasteiger partial charge in [-0.1, -0.05) is 24.3 Å². The van der Waals surface area contributed by atoms with E-state index in [4.69, 9.17) is 0 Å². The zero-order chi connectivity index (χ0) is 12.4. The van der Waals surface area contributed by atoms with Crippen LogP contribution in [-0.2, 0) is 12.8 Å². The lowest BCUT2D eigenvalue weighted by Crippen LogP contribution is -2.27. The maximum Gasteiger partial charge on any atom is 0.115 e. The Hall–Kier alpha value is -1.48. The first-order valence-corrected chi connectivity index (χ1v) is 6.43. The summed E-state index contributed by atoms with van der Waals surface area (Å²) >= 11 is 0. The Labute approximate surface area is 124 Å². The molecule has 0 heterocycles. The smallest absolute Gasteiger partial charge is 0.115 e. The number of phenols is 1. The summed E-state index contributed by atoms with van der Waals surface area (Å²) in [5.41, 5.74) is 3.83. The SMILES string of the molecule is Br.Oc1ccc2c(c1)CCC(Nc1ccccc1)C2. The Bertz CT molecular complexity index is 542. The number of aryl methyl sites for hydroxylation is 1. The van der Waals surface area contributed by atoms with E-state index >= 15 is 0 Å². The van der Waals surface area contributed by atoms with Gasteiger partial charge in [-0.25, -0.2) is 0 Å². The number of anilines is 1. The highest BCUT2D eigenvalue weighted by molar-refractivity contribution is 8.93. The van der Waals surface area contributed by atoms with Crippen LogP contribution in [0.1, 0.15) is 17.5 Å². The quantitative estimate of drug-likeness (QED) is 0.878. The first kappa shape index (κ1) is 13.9. The summed E-state index contributed by atoms with van der Waals surface area (Å²) in [5.74, 6) is 0.378. The minimum atomic E-state index is 0. The van der Waals surface area contributed by atoms with E-state index in [-0.39, 0.29) is 17.0 Å². The molecule has 100 valence electrons. The van der Waals surface area contributed by atoms with Crippen LogP contribution < -0.4 is 5.32 Å². The van der Waals surface area contributed by atoms with Crippen LogP contribution in [0.3, 0.4) is 0 Å². The third kappa shape index (κ3) is 3.29. The molecular formula is C16H18BrNO. The molecule has 2 N–H and O–H groups in total. The van der Waals surface area contributed by atoms with Crippen LogP contribution in [0.25, 0.3) is 0 Å². The molecule has 1 aliphatic rings. The summed E-state index contributed by atoms with van der Waals surface area (Å²) in [6.45, 7) is 0. The van der Waals surface area contributed by atoms with Gasteiger partial charge in [0, 0.05) is 11.7 Å². The summed E-state index contributed by atoms with van der Waals surface area (Å²) in [4.78, 5) is 0. The van der Waals surface area contributed by atoms with Crippen molar-refractivity contribution >= 4 is 22.7 Å². The van der Waals surface area contributed by atoms with Crippen molar-refractivity contribution in [2.45, 2.75) is 25.3 Å². The molecule has 0 amide bonds. The summed E-state index contributed by atoms with van der Waals surface area (Å²) in [7, 11) is 0. The maximum absolute atomic E-state index is 9.47. The summed E-state index contributed by atoms with van der Waals surface area (Å²) in [6, 6.07) is 16.6. The van der Waals surface area contributed by atoms with Crippen LogP contribution in [0.2, 0.25) is 0 Å². The molecule has 0 spiro atoms. The minimum absolute atomic E-state index is 0. The van der Waals surface area contributed by atoms with Crippen molar-refractivity contribution in [1.29, 1.82) is 0 Å². The van der Waals surface area contributed by atoms with Gasteiger partial charge in [0.15, 0.2) is 0 Å². The number of hydrogen-bond donors (Lipinski definition) is 2. The molecule has 0 bridgehead atoms. The first-order valence-electron chi connectivity index (χ1n) is 6.43. The minimum Gasteiger partial charge on any atom is -0.508 e. The van der Waals surface area contributed by atoms with Gasteiger partial charge in [-0.05, 0) is 54.7 Å². The lowest BCUT2D eigenvalue weighted by Gasteiger charge is -2.26. The number of phenolic OH excluding ortho intramolecular Hbond substituents is 1. The van der Waals surface area contributed by atoms with E-state index in [1.54, 1.807) is 6.07 Å². The van der Waals surface area contributed by atoms with Crippen molar-refractivity contribution in [3.63, 3.8) is 0 Å². The van der Waals surface area contributed by atoms with E-state index in [1.807, 2.05) is 18.2 Å². The van der Waals surface area contributed by atoms with E-state index in [9.17, 15) is 5.11 Å². The molecule has 0 aliphatic heterocycles. The second-order valence-corrected chi connectivity index (χ2v) is 4.90. The van der Waals surface area contributed by atoms with E-state index in [2.05, 4.69) is 29.6 Å². The standard InChI is InChI=1S/C16H17NO.BrH/c18-16-9-7-12-10-15(8-6-13(12)11-16)17-14-4-2-1-3-5-14;/h1-5,7,9,11,15,17-18H,6,8,10H2;1H. The van der Waals surface area contributed by atoms with Crippen LogP contribution in [-0.4, -0.2) is 11.1 Å². The molecular weight excluding hydrogens is 302 g/mol. The molecule has 2 aromatic rings. The lowest BCUT2D eigenvalue weighted by atomic mass is 9.88. The van der Waals surface area contributed by atoms with Crippen LogP contribution in [0, 0.1) is 0 Å². The highest BCUT2D eigenvalue weighted by atomic mass is 79.9. The number of benzene rings is 2. The lowest BCUT2D eigenvalue weighted by molar-refractivity contribution is 0.472. The van der Waals surface area contributed by atoms with Gasteiger partial charge in [0.25, 0.3) is 0 Å². The van der Waals surface area contributed by atoms with Gasteiger partial charge < -0.3 is 10.4 Å². The molecule has 0 saturated heterocycles. The number of rotatable bonds is 2. The number of fused-ring (bicyclic) bond motifs is 1. The largest absolute Gasteiger partial charge is 0.508 e. The zero-order valence-electron chi connectivity index (χ0n) is 10.7. The van der Waals surface area contributed by atoms with Gasteiger partial charge in [0.05, 0.1) is 0 Å². The Morgan fingerprint density at radius 1 is 1.00 bits per heavy atom. The predicted molar refractivity (Wildman–Crippen MR) is 84.3 cm³/mol. The van der Waals surface area contributed by atoms with Crippen molar-refractivity contribution in [3.05, 3.63) is 59.7 Å². The van der Waals surface area contributed by atoms with Gasteiger partial charge in [-0.3, -0.25) is 0 Å². The van der Waals surface area contributed by atoms with Gasteiger partial charge >= 0.3 is 0 Å². The molecule has 1 unspecified atom stereocenters. The third-order valence-electron chi connectivity index (χ3n) is 3.56. The topological polar surface area (TPSA) is 32.3 Å². The summed E-state index contributed by atoms with van der Waals surface area (Å²) in [5, 5.41) is 13.0. The molecule has 2 aromatic carbocycles. The van der Waals surface area contributed by atoms with Gasteiger partial charge in [0.2, 0.25) is 0 Å². The molecule has 0 aromatic heterocycles. The molecule has 1 aliphatic carbocycles. The van der Waals surface area contributed by atoms with Crippen molar-refractivity contribution in [3.8, 4) is 5.75 Å². The van der Waals surface area contributed by atoms with Crippen molar-refractivity contribution in [2.24, 2.45) is 0 Å². The molecule has 2 nitrogen and oxygen atoms in total. The molecule has 0 radical (unpaired) electrons. The Balaban J connectivity index is 0.00000133. The van der Waals surface area contributed by atoms with Crippen molar-refractivity contribution in [1.82, 2.24) is 0 Å². The summed E-state index contributed by atoms with van der Waals surface area (Å²) in [6.07, 6.45) is 3.18. The molecule has 19 heavy (non-hydrogen) atoms. The predicted octanol–water partition coefficient (Wildman–Crippen LogP) is 3.94. The van der Waals surface area contributed by atoms with E-state index in [0.717, 1.165) is 19.3 Å². The van der Waals surface area contributed by atoms with Crippen LogP contribution in [0.5, 0.6) is 5.75 Å². The van der Waals surface area contributed by atoms with E-state index in [1.165, 1.54) is 16.8 Å². The van der Waals surface area contributed by atoms with Gasteiger partial charge in [-0.2, -0.15) is 0 Å². The average Bonchev–Trinajstić information content (AvgIpc) is 2.40. The Morgan fingerprint density at radius 2 is 1.79 bits per heavy atom. The zero-order valence-corrected chi connectivity index (χ0v) is 12.4. The number of aromatic hydroxyl groups is 1. The molecule has 3 heteroatoms. The second-order valence-electron chi connectivity index (χ2n) is 4.90. The van der Waals surface area contributed by atoms with Gasteiger partial charge in [0.1, 0.15) is 5.75 Å². The molecule has 0 saturated carbocycles. The monoisotopic (exact) mass is 319 g/mol. The Morgan fingerprint density at radius 3 is 2.58 bits per heavy atom. The van der Waals surface area contributed by atoms with E-state index in [0.29, 0.717) is 11.8 Å². The highest BCUT2D eigenvalue weighted by Gasteiger charge is 2.18. The first-order chi connectivity index (χ1) is 8.81. The summed E-state index contributed by atoms with van der Waals surface area (Å²) < 4.78 is 0. The Kier molecular flexibility index (Phi) is 4.48. The molecule has 1 atom stereocenters. The van der Waals surface area contributed by atoms with Crippen molar-refractivity contribution < 1.29 is 5.11 Å². The highest BCUT2D eigenvalue weighted by Crippen LogP contribution is 2.26. The third-order valence-corrected chi connectivity index (χ3v) is 3.56. The number of hydrogen-bond acceptors (Lipinski definition) is 2. The number of nitrogens with one attached hydrogen (secondary N) is 1. The fourth-order valence-electron chi connectivity index (χ4n) is 2.63. The molecule has 3 rings (SSSR count). The second kappa shape index (κ2) is 6.11. The maximum atomic E-state index is 9.47. The van der Waals surface area contributed by atoms with E-state index < -0.39 is 0 Å². The number of para-hydroxylation sites is 1.